The number of carbonyl (C=O) groups excluding carboxylic acids is 2. The smallest absolute Gasteiger partial charge is 0.306 e. The normalized spacial score (nSPS) is 14.1. The number of allylic oxidation sites excluding steroid dienone is 15. The molecule has 0 saturated carbocycles. The zero-order chi connectivity index (χ0) is 62.1. The van der Waals surface area contributed by atoms with E-state index in [-0.39, 0.29) is 24.9 Å². The number of ether oxygens (including phenoxy) is 1. The number of unbranched alkanes of at least 4 members (excludes halogenated alkanes) is 34. The topological polar surface area (TPSA) is 114 Å². The van der Waals surface area contributed by atoms with Crippen LogP contribution in [-0.4, -0.2) is 69.4 Å². The molecule has 3 atom stereocenters. The Labute approximate surface area is 526 Å². The molecule has 0 bridgehead atoms. The lowest BCUT2D eigenvalue weighted by molar-refractivity contribution is -0.870. The first-order chi connectivity index (χ1) is 41.4. The molecular formula is C75H135N2O7P. The Balaban J connectivity index is 5.16. The predicted octanol–water partition coefficient (Wildman–Crippen LogP) is 22.0. The molecule has 0 rings (SSSR count). The van der Waals surface area contributed by atoms with Crippen LogP contribution in [0.15, 0.2) is 97.2 Å². The van der Waals surface area contributed by atoms with Gasteiger partial charge in [0.05, 0.1) is 33.8 Å². The summed E-state index contributed by atoms with van der Waals surface area (Å²) in [6.07, 6.45) is 86.6. The van der Waals surface area contributed by atoms with E-state index >= 15 is 0 Å². The van der Waals surface area contributed by atoms with Crippen molar-refractivity contribution in [3.8, 4) is 0 Å². The molecule has 0 aromatic rings. The highest BCUT2D eigenvalue weighted by molar-refractivity contribution is 7.45. The molecule has 1 amide bonds. The average Bonchev–Trinajstić information content (AvgIpc) is 3.64. The van der Waals surface area contributed by atoms with Gasteiger partial charge in [-0.2, -0.15) is 0 Å². The van der Waals surface area contributed by atoms with Gasteiger partial charge in [0, 0.05) is 12.8 Å². The third-order valence-corrected chi connectivity index (χ3v) is 16.5. The van der Waals surface area contributed by atoms with Gasteiger partial charge in [0.2, 0.25) is 5.91 Å². The van der Waals surface area contributed by atoms with Gasteiger partial charge in [-0.05, 0) is 109 Å². The molecule has 1 N–H and O–H groups in total. The van der Waals surface area contributed by atoms with E-state index in [0.717, 1.165) is 122 Å². The van der Waals surface area contributed by atoms with Crippen molar-refractivity contribution in [1.29, 1.82) is 0 Å². The Bertz CT molecular complexity index is 1780. The van der Waals surface area contributed by atoms with Crippen molar-refractivity contribution in [2.45, 2.75) is 328 Å². The molecule has 0 aliphatic rings. The van der Waals surface area contributed by atoms with Gasteiger partial charge in [-0.25, -0.2) is 0 Å². The first-order valence-corrected chi connectivity index (χ1v) is 37.0. The summed E-state index contributed by atoms with van der Waals surface area (Å²) in [5.74, 6) is -0.554. The van der Waals surface area contributed by atoms with Gasteiger partial charge < -0.3 is 28.5 Å². The number of hydrogen-bond donors (Lipinski definition) is 1. The van der Waals surface area contributed by atoms with E-state index in [9.17, 15) is 19.0 Å². The van der Waals surface area contributed by atoms with Crippen molar-refractivity contribution < 1.29 is 37.3 Å². The second-order valence-corrected chi connectivity index (χ2v) is 26.4. The van der Waals surface area contributed by atoms with Crippen LogP contribution in [0.25, 0.3) is 0 Å². The van der Waals surface area contributed by atoms with Crippen molar-refractivity contribution >= 4 is 19.7 Å². The zero-order valence-electron chi connectivity index (χ0n) is 56.3. The lowest BCUT2D eigenvalue weighted by Gasteiger charge is -2.30. The maximum atomic E-state index is 13.6. The van der Waals surface area contributed by atoms with E-state index in [2.05, 4.69) is 111 Å². The molecule has 0 spiro atoms. The predicted molar refractivity (Wildman–Crippen MR) is 367 cm³/mol. The molecule has 10 heteroatoms. The molecule has 492 valence electrons. The minimum absolute atomic E-state index is 0.0290. The van der Waals surface area contributed by atoms with E-state index < -0.39 is 26.6 Å². The monoisotopic (exact) mass is 1210 g/mol. The number of phosphoric acid groups is 1. The number of phosphoric ester groups is 1. The quantitative estimate of drug-likeness (QED) is 0.0212. The Kier molecular flexibility index (Phi) is 61.6. The minimum Gasteiger partial charge on any atom is -0.756 e. The van der Waals surface area contributed by atoms with Gasteiger partial charge in [-0.15, -0.1) is 0 Å². The Morgan fingerprint density at radius 3 is 1.14 bits per heavy atom. The minimum atomic E-state index is -4.71. The summed E-state index contributed by atoms with van der Waals surface area (Å²) < 4.78 is 30.5. The summed E-state index contributed by atoms with van der Waals surface area (Å²) in [7, 11) is 1.17. The van der Waals surface area contributed by atoms with Crippen LogP contribution < -0.4 is 10.2 Å². The molecular weight excluding hydrogens is 1070 g/mol. The number of rotatable bonds is 64. The molecule has 3 unspecified atom stereocenters. The molecule has 0 aromatic heterocycles. The second kappa shape index (κ2) is 63.9. The van der Waals surface area contributed by atoms with Crippen LogP contribution in [0, 0.1) is 0 Å². The third-order valence-electron chi connectivity index (χ3n) is 15.5. The van der Waals surface area contributed by atoms with Crippen LogP contribution in [-0.2, 0) is 27.9 Å². The summed E-state index contributed by atoms with van der Waals surface area (Å²) in [6, 6.07) is -0.903. The summed E-state index contributed by atoms with van der Waals surface area (Å²) in [5, 5.41) is 3.04. The Morgan fingerprint density at radius 1 is 0.424 bits per heavy atom. The van der Waals surface area contributed by atoms with E-state index in [1.54, 1.807) is 0 Å². The lowest BCUT2D eigenvalue weighted by atomic mass is 10.0. The number of quaternary nitrogens is 1. The number of carbonyl (C=O) groups is 2. The molecule has 0 saturated heterocycles. The molecule has 0 fully saturated rings. The van der Waals surface area contributed by atoms with E-state index in [4.69, 9.17) is 13.8 Å². The van der Waals surface area contributed by atoms with Gasteiger partial charge in [-0.1, -0.05) is 292 Å². The second-order valence-electron chi connectivity index (χ2n) is 25.0. The van der Waals surface area contributed by atoms with Crippen LogP contribution >= 0.6 is 7.82 Å². The number of esters is 1. The number of amides is 1. The van der Waals surface area contributed by atoms with Gasteiger partial charge in [0.25, 0.3) is 7.82 Å². The standard InChI is InChI=1S/C75H135N2O7P/c1-7-10-13-16-19-22-25-28-30-32-34-36-37-38-39-41-42-44-46-49-52-55-58-61-64-67-74(78)76-72(71-83-85(80,81)82-70-69-77(4,5)6)73(66-63-60-57-54-51-48-27-24-21-18-15-12-9-3)84-75(79)68-65-62-59-56-53-50-47-45-43-40-35-33-31-29-26-23-20-17-14-11-8-2/h10,13,19,22,28-31,34,36,38-39,42,44,63,66,72-73H,7-9,11-12,14-18,20-21,23-27,32-33,35,37,40-41,43,45-62,64-65,67-71H2,1-6H3,(H-,76,78,80,81)/b13-10-,22-19-,30-28-,31-29+,36-34-,39-38-,44-42-,66-63-. The zero-order valence-corrected chi connectivity index (χ0v) is 57.2. The van der Waals surface area contributed by atoms with Crippen LogP contribution in [0.4, 0.5) is 0 Å². The van der Waals surface area contributed by atoms with Crippen molar-refractivity contribution in [3.05, 3.63) is 97.2 Å². The van der Waals surface area contributed by atoms with Gasteiger partial charge >= 0.3 is 5.97 Å². The Morgan fingerprint density at radius 2 is 0.753 bits per heavy atom. The molecule has 0 heterocycles. The van der Waals surface area contributed by atoms with E-state index in [0.29, 0.717) is 17.4 Å². The van der Waals surface area contributed by atoms with Crippen LogP contribution in [0.1, 0.15) is 316 Å². The average molecular weight is 1210 g/mol. The molecule has 85 heavy (non-hydrogen) atoms. The summed E-state index contributed by atoms with van der Waals surface area (Å²) in [4.78, 5) is 40.2. The highest BCUT2D eigenvalue weighted by Gasteiger charge is 2.27. The van der Waals surface area contributed by atoms with Crippen LogP contribution in [0.3, 0.4) is 0 Å². The molecule has 0 radical (unpaired) electrons. The van der Waals surface area contributed by atoms with E-state index in [1.807, 2.05) is 33.3 Å². The SMILES string of the molecule is CC/C=C\C/C=C\C/C=C\C/C=C\C/C=C\C/C=C\CCCCCCCCC(=O)NC(COP(=O)([O-])OCC[N+](C)(C)C)C(/C=C\CCCCCCCCCCCCC)OC(=O)CCCCCCCCCCCCC/C=C/CCCCCCCC. The maximum absolute atomic E-state index is 13.6. The molecule has 0 aromatic carbocycles. The third kappa shape index (κ3) is 65.2. The van der Waals surface area contributed by atoms with Crippen LogP contribution in [0.5, 0.6) is 0 Å². The van der Waals surface area contributed by atoms with Crippen molar-refractivity contribution in [2.24, 2.45) is 0 Å². The first kappa shape index (κ1) is 81.9. The summed E-state index contributed by atoms with van der Waals surface area (Å²) in [5.41, 5.74) is 0. The lowest BCUT2D eigenvalue weighted by Crippen LogP contribution is -2.47. The molecule has 9 nitrogen and oxygen atoms in total. The largest absolute Gasteiger partial charge is 0.756 e. The molecule has 0 aliphatic carbocycles. The summed E-state index contributed by atoms with van der Waals surface area (Å²) >= 11 is 0. The first-order valence-electron chi connectivity index (χ1n) is 35.5. The fourth-order valence-corrected chi connectivity index (χ4v) is 10.8. The van der Waals surface area contributed by atoms with Crippen molar-refractivity contribution in [1.82, 2.24) is 5.32 Å². The van der Waals surface area contributed by atoms with Gasteiger partial charge in [-0.3, -0.25) is 14.2 Å². The van der Waals surface area contributed by atoms with Gasteiger partial charge in [0.1, 0.15) is 19.3 Å². The maximum Gasteiger partial charge on any atom is 0.306 e. The fourth-order valence-electron chi connectivity index (χ4n) is 10.1. The van der Waals surface area contributed by atoms with Crippen LogP contribution in [0.2, 0.25) is 0 Å². The van der Waals surface area contributed by atoms with Gasteiger partial charge in [0.15, 0.2) is 0 Å². The fraction of sp³-hybridized carbons (Fsp3) is 0.760. The highest BCUT2D eigenvalue weighted by atomic mass is 31.2. The number of nitrogens with one attached hydrogen (secondary N) is 1. The van der Waals surface area contributed by atoms with Crippen molar-refractivity contribution in [3.63, 3.8) is 0 Å². The highest BCUT2D eigenvalue weighted by Crippen LogP contribution is 2.38. The molecule has 0 aliphatic heterocycles. The van der Waals surface area contributed by atoms with E-state index in [1.165, 1.54) is 161 Å². The van der Waals surface area contributed by atoms with Crippen molar-refractivity contribution in [2.75, 3.05) is 40.9 Å². The number of nitrogens with zero attached hydrogens (tertiary/aromatic N) is 1. The summed E-state index contributed by atoms with van der Waals surface area (Å²) in [6.45, 7) is 6.74. The Hall–Kier alpha value is -3.07. The number of likely N-dealkylation sites (N-methyl/N-ethyl adjacent to an activating group) is 1. The number of hydrogen-bond acceptors (Lipinski definition) is 7.